The van der Waals surface area contributed by atoms with E-state index in [-0.39, 0.29) is 5.78 Å². The minimum absolute atomic E-state index is 0.0711. The predicted molar refractivity (Wildman–Crippen MR) is 97.0 cm³/mol. The summed E-state index contributed by atoms with van der Waals surface area (Å²) in [4.78, 5) is 13.6. The van der Waals surface area contributed by atoms with Gasteiger partial charge in [0, 0.05) is 6.16 Å². The van der Waals surface area contributed by atoms with Crippen LogP contribution in [0, 0.1) is 5.92 Å². The van der Waals surface area contributed by atoms with E-state index < -0.39 is 13.0 Å². The number of carbonyl (C=O) groups is 1. The van der Waals surface area contributed by atoms with Crippen LogP contribution < -0.4 is 9.47 Å². The zero-order valence-electron chi connectivity index (χ0n) is 15.1. The molecule has 0 saturated heterocycles. The van der Waals surface area contributed by atoms with Crippen molar-refractivity contribution in [1.29, 1.82) is 0 Å². The first-order valence-electron chi connectivity index (χ1n) is 8.67. The van der Waals surface area contributed by atoms with Crippen LogP contribution in [0.2, 0.25) is 0 Å². The van der Waals surface area contributed by atoms with Gasteiger partial charge in [0.1, 0.15) is 22.2 Å². The molecule has 133 valence electrons. The maximum Gasteiger partial charge on any atom is 0.187 e. The molecule has 24 heavy (non-hydrogen) atoms. The van der Waals surface area contributed by atoms with Gasteiger partial charge >= 0.3 is 0 Å². The van der Waals surface area contributed by atoms with Gasteiger partial charge in [0.25, 0.3) is 0 Å². The van der Waals surface area contributed by atoms with Gasteiger partial charge in [0.2, 0.25) is 0 Å². The molecule has 0 N–H and O–H groups in total. The molecule has 1 aliphatic rings. The van der Waals surface area contributed by atoms with Gasteiger partial charge < -0.3 is 9.47 Å². The number of hydrogen-bond donors (Lipinski definition) is 0. The van der Waals surface area contributed by atoms with E-state index in [9.17, 15) is 9.36 Å². The molecule has 1 atom stereocenters. The summed E-state index contributed by atoms with van der Waals surface area (Å²) < 4.78 is 24.0. The third-order valence-corrected chi connectivity index (χ3v) is 7.43. The van der Waals surface area contributed by atoms with Crippen LogP contribution in [0.15, 0.2) is 18.2 Å². The van der Waals surface area contributed by atoms with Gasteiger partial charge in [-0.25, -0.2) is 0 Å². The van der Waals surface area contributed by atoms with Crippen molar-refractivity contribution in [3.8, 4) is 11.5 Å². The lowest BCUT2D eigenvalue weighted by molar-refractivity contribution is 0.0906. The van der Waals surface area contributed by atoms with Crippen LogP contribution in [0.1, 0.15) is 56.3 Å². The molecule has 0 heterocycles. The lowest BCUT2D eigenvalue weighted by atomic mass is 9.82. The minimum atomic E-state index is -1.63. The summed E-state index contributed by atoms with van der Waals surface area (Å²) in [6.07, 6.45) is 4.95. The van der Waals surface area contributed by atoms with Crippen molar-refractivity contribution in [3.63, 3.8) is 0 Å². The van der Waals surface area contributed by atoms with Crippen molar-refractivity contribution in [2.45, 2.75) is 51.1 Å². The quantitative estimate of drug-likeness (QED) is 0.508. The summed E-state index contributed by atoms with van der Waals surface area (Å²) in [5.74, 6) is 1.23. The van der Waals surface area contributed by atoms with Gasteiger partial charge in [-0.1, -0.05) is 39.2 Å². The molecule has 1 saturated carbocycles. The van der Waals surface area contributed by atoms with E-state index in [2.05, 4.69) is 13.8 Å². The maximum absolute atomic E-state index is 13.6. The van der Waals surface area contributed by atoms with Crippen molar-refractivity contribution < 1.29 is 18.8 Å². The summed E-state index contributed by atoms with van der Waals surface area (Å²) in [7, 11) is 1.47. The Morgan fingerprint density at radius 3 is 2.12 bits per heavy atom. The van der Waals surface area contributed by atoms with Crippen molar-refractivity contribution >= 4 is 13.6 Å². The van der Waals surface area contributed by atoms with Crippen LogP contribution in [0.5, 0.6) is 11.5 Å². The standard InChI is InChI=1S/C19H28O4P/c1-14(2)13-24(21)19(11-6-5-7-12-19)18(20)17-15(22-3)9-8-10-16(17)23-4/h8-10,14H,5-7,11-13H2,1-4H3. The Labute approximate surface area is 145 Å². The number of ether oxygens (including phenoxy) is 2. The van der Waals surface area contributed by atoms with E-state index in [1.165, 1.54) is 0 Å². The van der Waals surface area contributed by atoms with E-state index >= 15 is 0 Å². The highest BCUT2D eigenvalue weighted by Crippen LogP contribution is 2.53. The van der Waals surface area contributed by atoms with Crippen LogP contribution in [0.25, 0.3) is 0 Å². The Hall–Kier alpha value is -1.41. The summed E-state index contributed by atoms with van der Waals surface area (Å²) in [6, 6.07) is 5.33. The topological polar surface area (TPSA) is 52.6 Å². The summed E-state index contributed by atoms with van der Waals surface area (Å²) in [5, 5.41) is -0.778. The Morgan fingerprint density at radius 1 is 1.12 bits per heavy atom. The zero-order valence-corrected chi connectivity index (χ0v) is 16.0. The molecule has 4 nitrogen and oxygen atoms in total. The lowest BCUT2D eigenvalue weighted by Gasteiger charge is -2.35. The molecule has 1 radical (unpaired) electrons. The molecule has 2 rings (SSSR count). The second-order valence-corrected chi connectivity index (χ2v) is 8.89. The van der Waals surface area contributed by atoms with Crippen molar-refractivity contribution in [3.05, 3.63) is 23.8 Å². The van der Waals surface area contributed by atoms with E-state index in [4.69, 9.17) is 9.47 Å². The lowest BCUT2D eigenvalue weighted by Crippen LogP contribution is -2.38. The van der Waals surface area contributed by atoms with Gasteiger partial charge in [-0.2, -0.15) is 0 Å². The third kappa shape index (κ3) is 3.64. The fourth-order valence-electron chi connectivity index (χ4n) is 3.54. The van der Waals surface area contributed by atoms with Crippen molar-refractivity contribution in [2.75, 3.05) is 20.4 Å². The Balaban J connectivity index is 2.51. The fourth-order valence-corrected chi connectivity index (χ4v) is 5.71. The molecule has 0 spiro atoms. The molecule has 1 aromatic rings. The van der Waals surface area contributed by atoms with Gasteiger partial charge in [0.15, 0.2) is 5.78 Å². The third-order valence-electron chi connectivity index (χ3n) is 4.77. The van der Waals surface area contributed by atoms with E-state index in [1.54, 1.807) is 32.4 Å². The second kappa shape index (κ2) is 8.11. The van der Waals surface area contributed by atoms with E-state index in [0.29, 0.717) is 42.0 Å². The monoisotopic (exact) mass is 351 g/mol. The largest absolute Gasteiger partial charge is 0.496 e. The van der Waals surface area contributed by atoms with Crippen LogP contribution in [0.4, 0.5) is 0 Å². The minimum Gasteiger partial charge on any atom is -0.496 e. The molecular weight excluding hydrogens is 323 g/mol. The van der Waals surface area contributed by atoms with Crippen LogP contribution >= 0.6 is 7.80 Å². The maximum atomic E-state index is 13.6. The highest BCUT2D eigenvalue weighted by molar-refractivity contribution is 7.48. The average molecular weight is 351 g/mol. The molecule has 5 heteroatoms. The number of Topliss-reactive ketones (excluding diaryl/α,β-unsaturated/α-hetero) is 1. The molecule has 0 amide bonds. The number of rotatable bonds is 7. The number of benzene rings is 1. The Kier molecular flexibility index (Phi) is 6.40. The van der Waals surface area contributed by atoms with Crippen molar-refractivity contribution in [1.82, 2.24) is 0 Å². The van der Waals surface area contributed by atoms with Gasteiger partial charge in [-0.15, -0.1) is 0 Å². The van der Waals surface area contributed by atoms with Gasteiger partial charge in [0.05, 0.1) is 22.0 Å². The number of carbonyl (C=O) groups excluding carboxylic acids is 1. The van der Waals surface area contributed by atoms with E-state index in [1.807, 2.05) is 0 Å². The first kappa shape index (κ1) is 18.9. The Bertz CT molecular complexity index is 581. The molecule has 0 aliphatic heterocycles. The first-order valence-corrected chi connectivity index (χ1v) is 10.1. The summed E-state index contributed by atoms with van der Waals surface area (Å²) >= 11 is 0. The molecule has 1 aromatic carbocycles. The van der Waals surface area contributed by atoms with Gasteiger partial charge in [-0.05, 0) is 30.9 Å². The van der Waals surface area contributed by atoms with Crippen LogP contribution in [0.3, 0.4) is 0 Å². The zero-order chi connectivity index (χ0) is 17.7. The van der Waals surface area contributed by atoms with E-state index in [0.717, 1.165) is 19.3 Å². The van der Waals surface area contributed by atoms with Crippen LogP contribution in [-0.4, -0.2) is 31.3 Å². The predicted octanol–water partition coefficient (Wildman–Crippen LogP) is 5.07. The van der Waals surface area contributed by atoms with Crippen LogP contribution in [-0.2, 0) is 4.57 Å². The molecule has 1 aliphatic carbocycles. The number of hydrogen-bond acceptors (Lipinski definition) is 4. The highest BCUT2D eigenvalue weighted by Gasteiger charge is 2.47. The molecule has 1 fully saturated rings. The highest BCUT2D eigenvalue weighted by atomic mass is 31.1. The first-order chi connectivity index (χ1) is 11.5. The van der Waals surface area contributed by atoms with Gasteiger partial charge in [-0.3, -0.25) is 9.36 Å². The number of ketones is 1. The average Bonchev–Trinajstić information content (AvgIpc) is 2.60. The molecule has 0 aromatic heterocycles. The SMILES string of the molecule is COc1cccc(OC)c1C(=O)C1([P](=O)CC(C)C)CCCCC1. The normalized spacial score (nSPS) is 17.5. The summed E-state index contributed by atoms with van der Waals surface area (Å²) in [6.45, 7) is 4.11. The smallest absolute Gasteiger partial charge is 0.187 e. The molecular formula is C19H28O4P. The second-order valence-electron chi connectivity index (χ2n) is 6.91. The molecule has 1 unspecified atom stereocenters. The summed E-state index contributed by atoms with van der Waals surface area (Å²) in [5.41, 5.74) is 0.441. The fraction of sp³-hybridized carbons (Fsp3) is 0.632. The molecule has 0 bridgehead atoms. The van der Waals surface area contributed by atoms with Crippen molar-refractivity contribution in [2.24, 2.45) is 5.92 Å². The Morgan fingerprint density at radius 2 is 1.67 bits per heavy atom. The number of methoxy groups -OCH3 is 2.